The summed E-state index contributed by atoms with van der Waals surface area (Å²) in [7, 11) is 0. The average Bonchev–Trinajstić information content (AvgIpc) is 3.52. The van der Waals surface area contributed by atoms with E-state index < -0.39 is 37.0 Å². The van der Waals surface area contributed by atoms with Crippen molar-refractivity contribution in [2.45, 2.75) is 44.5 Å². The van der Waals surface area contributed by atoms with Gasteiger partial charge in [-0.1, -0.05) is 5.16 Å². The number of nitrogens with zero attached hydrogens (tertiary/aromatic N) is 3. The third kappa shape index (κ3) is 3.81. The summed E-state index contributed by atoms with van der Waals surface area (Å²) in [6.07, 6.45) is -3.10. The van der Waals surface area contributed by atoms with Gasteiger partial charge in [0.15, 0.2) is 17.9 Å². The fourth-order valence-corrected chi connectivity index (χ4v) is 4.69. The summed E-state index contributed by atoms with van der Waals surface area (Å²) in [5, 5.41) is 23.7. The molecule has 2 N–H and O–H groups in total. The summed E-state index contributed by atoms with van der Waals surface area (Å²) < 4.78 is 43.6. The molecule has 4 atom stereocenters. The monoisotopic (exact) mass is 467 g/mol. The van der Waals surface area contributed by atoms with Gasteiger partial charge in [-0.25, -0.2) is 14.1 Å². The molecule has 0 saturated carbocycles. The van der Waals surface area contributed by atoms with Crippen molar-refractivity contribution >= 4 is 28.6 Å². The molecule has 2 aromatic rings. The van der Waals surface area contributed by atoms with Gasteiger partial charge in [0.2, 0.25) is 5.58 Å². The number of carbonyl (C=O) groups is 1. The third-order valence-corrected chi connectivity index (χ3v) is 6.07. The zero-order chi connectivity index (χ0) is 23.3. The van der Waals surface area contributed by atoms with E-state index in [0.29, 0.717) is 31.9 Å². The number of ether oxygens (including phenoxy) is 4. The lowest BCUT2D eigenvalue weighted by atomic mass is 10.0. The number of hydrogen-bond acceptors (Lipinski definition) is 10. The van der Waals surface area contributed by atoms with Crippen LogP contribution in [0, 0.1) is 5.82 Å². The summed E-state index contributed by atoms with van der Waals surface area (Å²) in [4.78, 5) is 15.4. The number of aliphatic hydroxyl groups excluding tert-OH is 2. The fourth-order valence-electron chi connectivity index (χ4n) is 4.69. The van der Waals surface area contributed by atoms with Crippen molar-refractivity contribution in [1.82, 2.24) is 5.16 Å². The van der Waals surface area contributed by atoms with Crippen LogP contribution in [0.2, 0.25) is 0 Å². The highest BCUT2D eigenvalue weighted by Gasteiger charge is 2.42. The van der Waals surface area contributed by atoms with Crippen LogP contribution in [0.25, 0.3) is 11.0 Å². The molecule has 3 aliphatic rings. The summed E-state index contributed by atoms with van der Waals surface area (Å²) in [6, 6.07) is 0.732. The number of benzene rings is 1. The molecule has 180 valence electrons. The number of aromatic nitrogens is 1. The summed E-state index contributed by atoms with van der Waals surface area (Å²) in [5.74, 6) is -0.674. The lowest BCUT2D eigenvalue weighted by Crippen LogP contribution is -2.46. The second-order valence-electron chi connectivity index (χ2n) is 8.51. The Hall–Kier alpha value is -2.51. The number of carbonyl (C=O) groups excluding carboxylic acids is 1. The second-order valence-corrected chi connectivity index (χ2v) is 8.51. The van der Waals surface area contributed by atoms with Crippen LogP contribution in [0.1, 0.15) is 25.7 Å². The maximum absolute atomic E-state index is 16.0. The highest BCUT2D eigenvalue weighted by atomic mass is 19.1. The first-order chi connectivity index (χ1) is 15.9. The van der Waals surface area contributed by atoms with Gasteiger partial charge in [-0.15, -0.1) is 0 Å². The third-order valence-electron chi connectivity index (χ3n) is 6.07. The Labute approximate surface area is 188 Å². The number of amides is 1. The predicted octanol–water partition coefficient (Wildman–Crippen LogP) is 1.30. The van der Waals surface area contributed by atoms with Gasteiger partial charge in [0.25, 0.3) is 0 Å². The number of rotatable bonds is 5. The number of cyclic esters (lactones) is 1. The molecule has 3 saturated heterocycles. The van der Waals surface area contributed by atoms with Crippen LogP contribution in [-0.4, -0.2) is 85.3 Å². The average molecular weight is 467 g/mol. The number of morpholine rings is 1. The van der Waals surface area contributed by atoms with E-state index in [1.807, 2.05) is 18.7 Å². The molecule has 1 aromatic heterocycles. The Balaban J connectivity index is 1.65. The Morgan fingerprint density at radius 3 is 2.61 bits per heavy atom. The highest BCUT2D eigenvalue weighted by Crippen LogP contribution is 2.42. The van der Waals surface area contributed by atoms with Crippen molar-refractivity contribution < 1.29 is 42.9 Å². The van der Waals surface area contributed by atoms with E-state index in [0.717, 1.165) is 4.90 Å². The zero-order valence-corrected chi connectivity index (χ0v) is 18.3. The minimum atomic E-state index is -1.27. The van der Waals surface area contributed by atoms with Gasteiger partial charge in [-0.2, -0.15) is 0 Å². The lowest BCUT2D eigenvalue weighted by molar-refractivity contribution is -0.0445. The van der Waals surface area contributed by atoms with E-state index >= 15 is 4.39 Å². The van der Waals surface area contributed by atoms with E-state index in [-0.39, 0.29) is 41.3 Å². The van der Waals surface area contributed by atoms with Crippen LogP contribution in [0.4, 0.5) is 20.7 Å². The van der Waals surface area contributed by atoms with E-state index in [1.165, 1.54) is 0 Å². The molecule has 5 rings (SSSR count). The van der Waals surface area contributed by atoms with Crippen LogP contribution in [0.3, 0.4) is 0 Å². The molecule has 12 heteroatoms. The van der Waals surface area contributed by atoms with Crippen molar-refractivity contribution in [2.24, 2.45) is 0 Å². The molecule has 1 aromatic carbocycles. The van der Waals surface area contributed by atoms with E-state index in [9.17, 15) is 15.0 Å². The van der Waals surface area contributed by atoms with Gasteiger partial charge >= 0.3 is 6.09 Å². The molecular formula is C21H26FN3O8. The topological polar surface area (TPSA) is 127 Å². The minimum Gasteiger partial charge on any atom is -0.447 e. The molecule has 3 fully saturated rings. The van der Waals surface area contributed by atoms with Gasteiger partial charge in [0, 0.05) is 18.7 Å². The van der Waals surface area contributed by atoms with Crippen LogP contribution in [0.15, 0.2) is 10.6 Å². The van der Waals surface area contributed by atoms with E-state index in [1.54, 1.807) is 6.07 Å². The summed E-state index contributed by atoms with van der Waals surface area (Å²) in [6.45, 7) is 4.72. The summed E-state index contributed by atoms with van der Waals surface area (Å²) >= 11 is 0. The minimum absolute atomic E-state index is 0.0154. The van der Waals surface area contributed by atoms with Gasteiger partial charge in [0.1, 0.15) is 18.8 Å². The first kappa shape index (κ1) is 22.3. The SMILES string of the molecule is C[C@@H]1CN(c2c(C3OCCO3)cc3c(N4C(=O)OC[C@@H]4[C@@H](O)CO)noc3c2F)C[C@@H](C)O1. The van der Waals surface area contributed by atoms with Crippen molar-refractivity contribution in [2.75, 3.05) is 49.3 Å². The molecule has 0 spiro atoms. The largest absolute Gasteiger partial charge is 0.447 e. The summed E-state index contributed by atoms with van der Waals surface area (Å²) in [5.41, 5.74) is 0.565. The van der Waals surface area contributed by atoms with Crippen molar-refractivity contribution in [1.29, 1.82) is 0 Å². The molecule has 11 nitrogen and oxygen atoms in total. The first-order valence-electron chi connectivity index (χ1n) is 10.9. The molecule has 0 aliphatic carbocycles. The highest BCUT2D eigenvalue weighted by molar-refractivity contribution is 6.01. The number of anilines is 2. The van der Waals surface area contributed by atoms with Gasteiger partial charge in [-0.05, 0) is 19.9 Å². The Kier molecular flexibility index (Phi) is 5.87. The van der Waals surface area contributed by atoms with Gasteiger partial charge < -0.3 is 38.6 Å². The molecule has 1 amide bonds. The van der Waals surface area contributed by atoms with Gasteiger partial charge in [0.05, 0.1) is 43.1 Å². The molecule has 0 unspecified atom stereocenters. The Bertz CT molecular complexity index is 1030. The molecule has 4 heterocycles. The van der Waals surface area contributed by atoms with E-state index in [2.05, 4.69) is 5.16 Å². The number of aliphatic hydroxyl groups is 2. The molecule has 3 aliphatic heterocycles. The van der Waals surface area contributed by atoms with Crippen molar-refractivity contribution in [3.63, 3.8) is 0 Å². The molecule has 0 bridgehead atoms. The van der Waals surface area contributed by atoms with Crippen molar-refractivity contribution in [3.05, 3.63) is 17.4 Å². The quantitative estimate of drug-likeness (QED) is 0.664. The standard InChI is InChI=1S/C21H26FN3O8/c1-10-6-24(7-11(2)32-10)17-12(20-29-3-4-30-20)5-13-18(16(17)22)33-23-19(13)25-14(15(27)8-26)9-31-21(25)28/h5,10-11,14-15,20,26-27H,3-4,6-9H2,1-2H3/t10-,11-,14-,15+/m1/s1. The number of hydrogen-bond donors (Lipinski definition) is 2. The fraction of sp³-hybridized carbons (Fsp3) is 0.619. The molecular weight excluding hydrogens is 441 g/mol. The van der Waals surface area contributed by atoms with Crippen LogP contribution >= 0.6 is 0 Å². The van der Waals surface area contributed by atoms with Crippen LogP contribution in [-0.2, 0) is 18.9 Å². The van der Waals surface area contributed by atoms with Crippen molar-refractivity contribution in [3.8, 4) is 0 Å². The maximum Gasteiger partial charge on any atom is 0.416 e. The van der Waals surface area contributed by atoms with Gasteiger partial charge in [-0.3, -0.25) is 0 Å². The predicted molar refractivity (Wildman–Crippen MR) is 112 cm³/mol. The molecule has 33 heavy (non-hydrogen) atoms. The van der Waals surface area contributed by atoms with Crippen LogP contribution < -0.4 is 9.80 Å². The normalized spacial score (nSPS) is 27.5. The first-order valence-corrected chi connectivity index (χ1v) is 10.9. The Morgan fingerprint density at radius 1 is 1.24 bits per heavy atom. The second kappa shape index (κ2) is 8.69. The smallest absolute Gasteiger partial charge is 0.416 e. The number of halogens is 1. The molecule has 0 radical (unpaired) electrons. The maximum atomic E-state index is 16.0. The lowest BCUT2D eigenvalue weighted by Gasteiger charge is -2.38. The van der Waals surface area contributed by atoms with Crippen LogP contribution in [0.5, 0.6) is 0 Å². The Morgan fingerprint density at radius 2 is 1.94 bits per heavy atom. The van der Waals surface area contributed by atoms with E-state index in [4.69, 9.17) is 23.5 Å². The zero-order valence-electron chi connectivity index (χ0n) is 18.3. The number of fused-ring (bicyclic) bond motifs is 1.